The van der Waals surface area contributed by atoms with Gasteiger partial charge in [0.1, 0.15) is 0 Å². The molecule has 0 bridgehead atoms. The molecule has 0 radical (unpaired) electrons. The molecule has 18 heavy (non-hydrogen) atoms. The van der Waals surface area contributed by atoms with Crippen LogP contribution in [0.25, 0.3) is 0 Å². The van der Waals surface area contributed by atoms with Gasteiger partial charge in [-0.1, -0.05) is 13.8 Å². The van der Waals surface area contributed by atoms with Crippen molar-refractivity contribution >= 4 is 0 Å². The molecule has 1 aliphatic heterocycles. The van der Waals surface area contributed by atoms with E-state index in [1.807, 2.05) is 6.92 Å². The average molecular weight is 256 g/mol. The van der Waals surface area contributed by atoms with Gasteiger partial charge in [-0.2, -0.15) is 0 Å². The molecule has 0 spiro atoms. The molecule has 2 unspecified atom stereocenters. The van der Waals surface area contributed by atoms with Gasteiger partial charge in [0.15, 0.2) is 0 Å². The van der Waals surface area contributed by atoms with Crippen LogP contribution in [0.5, 0.6) is 0 Å². The minimum Gasteiger partial charge on any atom is -0.390 e. The fourth-order valence-electron chi connectivity index (χ4n) is 3.39. The second-order valence-electron chi connectivity index (χ2n) is 6.73. The topological polar surface area (TPSA) is 38.7 Å². The molecule has 2 atom stereocenters. The molecule has 2 rings (SSSR count). The minimum absolute atomic E-state index is 0.262. The first-order valence-corrected chi connectivity index (χ1v) is 7.39. The molecular weight excluding hydrogens is 228 g/mol. The average Bonchev–Trinajstić information content (AvgIpc) is 2.85. The number of ether oxygens (including phenoxy) is 2. The maximum absolute atomic E-state index is 10.7. The first-order chi connectivity index (χ1) is 8.49. The van der Waals surface area contributed by atoms with Crippen molar-refractivity contribution in [3.05, 3.63) is 0 Å². The van der Waals surface area contributed by atoms with Crippen LogP contribution in [0.15, 0.2) is 0 Å². The Morgan fingerprint density at radius 1 is 1.28 bits per heavy atom. The number of aliphatic hydroxyl groups excluding tert-OH is 1. The molecule has 1 aliphatic carbocycles. The first-order valence-electron chi connectivity index (χ1n) is 7.39. The van der Waals surface area contributed by atoms with E-state index in [9.17, 15) is 5.11 Å². The molecule has 1 saturated heterocycles. The molecular formula is C15H28O3. The Labute approximate surface area is 111 Å². The number of hydrogen-bond donors (Lipinski definition) is 1. The van der Waals surface area contributed by atoms with Gasteiger partial charge >= 0.3 is 0 Å². The van der Waals surface area contributed by atoms with E-state index in [0.717, 1.165) is 38.7 Å². The van der Waals surface area contributed by atoms with Crippen LogP contribution in [-0.2, 0) is 9.47 Å². The van der Waals surface area contributed by atoms with Gasteiger partial charge in [0.05, 0.1) is 18.3 Å². The van der Waals surface area contributed by atoms with Gasteiger partial charge in [-0.3, -0.25) is 0 Å². The van der Waals surface area contributed by atoms with Crippen LogP contribution in [0.1, 0.15) is 52.9 Å². The standard InChI is InChI=1S/C15H28O3/c1-4-18-15(8-6-14(2,3)7-9-15)13(16)12-5-10-17-11-12/h12-13,16H,4-11H2,1-3H3. The van der Waals surface area contributed by atoms with Crippen molar-refractivity contribution in [3.8, 4) is 0 Å². The van der Waals surface area contributed by atoms with Crippen molar-refractivity contribution in [2.45, 2.75) is 64.6 Å². The van der Waals surface area contributed by atoms with Crippen molar-refractivity contribution in [1.29, 1.82) is 0 Å². The molecule has 0 aromatic rings. The lowest BCUT2D eigenvalue weighted by molar-refractivity contribution is -0.167. The largest absolute Gasteiger partial charge is 0.390 e. The summed E-state index contributed by atoms with van der Waals surface area (Å²) < 4.78 is 11.4. The third kappa shape index (κ3) is 2.89. The molecule has 1 heterocycles. The van der Waals surface area contributed by atoms with E-state index in [4.69, 9.17) is 9.47 Å². The summed E-state index contributed by atoms with van der Waals surface area (Å²) in [6, 6.07) is 0. The molecule has 0 amide bonds. The van der Waals surface area contributed by atoms with E-state index < -0.39 is 0 Å². The summed E-state index contributed by atoms with van der Waals surface area (Å²) >= 11 is 0. The quantitative estimate of drug-likeness (QED) is 0.840. The highest BCUT2D eigenvalue weighted by Gasteiger charge is 2.47. The van der Waals surface area contributed by atoms with Gasteiger partial charge in [0.2, 0.25) is 0 Å². The van der Waals surface area contributed by atoms with E-state index in [0.29, 0.717) is 18.6 Å². The molecule has 0 aromatic heterocycles. The summed E-state index contributed by atoms with van der Waals surface area (Å²) in [7, 11) is 0. The molecule has 1 saturated carbocycles. The summed E-state index contributed by atoms with van der Waals surface area (Å²) in [6.45, 7) is 8.82. The molecule has 2 aliphatic rings. The van der Waals surface area contributed by atoms with E-state index >= 15 is 0 Å². The van der Waals surface area contributed by atoms with Crippen LogP contribution in [0.3, 0.4) is 0 Å². The highest BCUT2D eigenvalue weighted by Crippen LogP contribution is 2.45. The minimum atomic E-state index is -0.365. The zero-order valence-electron chi connectivity index (χ0n) is 12.1. The number of aliphatic hydroxyl groups is 1. The van der Waals surface area contributed by atoms with Crippen LogP contribution < -0.4 is 0 Å². The third-order valence-corrected chi connectivity index (χ3v) is 4.83. The Hall–Kier alpha value is -0.120. The van der Waals surface area contributed by atoms with Gasteiger partial charge in [-0.25, -0.2) is 0 Å². The summed E-state index contributed by atoms with van der Waals surface area (Å²) in [4.78, 5) is 0. The Morgan fingerprint density at radius 2 is 1.94 bits per heavy atom. The molecule has 3 nitrogen and oxygen atoms in total. The van der Waals surface area contributed by atoms with Crippen LogP contribution in [0.4, 0.5) is 0 Å². The smallest absolute Gasteiger partial charge is 0.0944 e. The van der Waals surface area contributed by atoms with E-state index in [1.165, 1.54) is 0 Å². The number of rotatable bonds is 4. The summed E-state index contributed by atoms with van der Waals surface area (Å²) in [5, 5.41) is 10.7. The van der Waals surface area contributed by atoms with E-state index in [2.05, 4.69) is 13.8 Å². The Balaban J connectivity index is 2.06. The Morgan fingerprint density at radius 3 is 2.44 bits per heavy atom. The van der Waals surface area contributed by atoms with Crippen molar-refractivity contribution in [3.63, 3.8) is 0 Å². The summed E-state index contributed by atoms with van der Waals surface area (Å²) in [5.41, 5.74) is 0.0785. The second kappa shape index (κ2) is 5.48. The first kappa shape index (κ1) is 14.3. The molecule has 2 fully saturated rings. The second-order valence-corrected chi connectivity index (χ2v) is 6.73. The van der Waals surface area contributed by atoms with Crippen molar-refractivity contribution in [2.75, 3.05) is 19.8 Å². The fourth-order valence-corrected chi connectivity index (χ4v) is 3.39. The predicted octanol–water partition coefficient (Wildman–Crippen LogP) is 2.76. The molecule has 0 aromatic carbocycles. The Kier molecular flexibility index (Phi) is 4.35. The normalized spacial score (nSPS) is 32.3. The molecule has 106 valence electrons. The zero-order valence-corrected chi connectivity index (χ0v) is 12.1. The van der Waals surface area contributed by atoms with Gasteiger partial charge in [-0.15, -0.1) is 0 Å². The van der Waals surface area contributed by atoms with E-state index in [-0.39, 0.29) is 17.6 Å². The van der Waals surface area contributed by atoms with Crippen LogP contribution in [-0.4, -0.2) is 36.6 Å². The van der Waals surface area contributed by atoms with Gasteiger partial charge in [-0.05, 0) is 44.4 Å². The molecule has 1 N–H and O–H groups in total. The zero-order chi connectivity index (χ0) is 13.2. The van der Waals surface area contributed by atoms with Crippen molar-refractivity contribution in [2.24, 2.45) is 11.3 Å². The van der Waals surface area contributed by atoms with Crippen LogP contribution >= 0.6 is 0 Å². The lowest BCUT2D eigenvalue weighted by atomic mass is 9.67. The Bertz CT molecular complexity index is 259. The fraction of sp³-hybridized carbons (Fsp3) is 1.00. The lowest BCUT2D eigenvalue weighted by Crippen LogP contribution is -2.52. The van der Waals surface area contributed by atoms with Crippen LogP contribution in [0, 0.1) is 11.3 Å². The van der Waals surface area contributed by atoms with Crippen LogP contribution in [0.2, 0.25) is 0 Å². The predicted molar refractivity (Wildman–Crippen MR) is 71.5 cm³/mol. The SMILES string of the molecule is CCOC1(C(O)C2CCOC2)CCC(C)(C)CC1. The third-order valence-electron chi connectivity index (χ3n) is 4.83. The van der Waals surface area contributed by atoms with Gasteiger partial charge in [0, 0.05) is 19.1 Å². The summed E-state index contributed by atoms with van der Waals surface area (Å²) in [6.07, 6.45) is 4.84. The van der Waals surface area contributed by atoms with Gasteiger partial charge < -0.3 is 14.6 Å². The summed E-state index contributed by atoms with van der Waals surface area (Å²) in [5.74, 6) is 0.262. The van der Waals surface area contributed by atoms with Crippen molar-refractivity contribution in [1.82, 2.24) is 0 Å². The van der Waals surface area contributed by atoms with E-state index in [1.54, 1.807) is 0 Å². The molecule has 3 heteroatoms. The maximum Gasteiger partial charge on any atom is 0.0944 e. The lowest BCUT2D eigenvalue weighted by Gasteiger charge is -2.47. The highest BCUT2D eigenvalue weighted by atomic mass is 16.5. The maximum atomic E-state index is 10.7. The van der Waals surface area contributed by atoms with Crippen molar-refractivity contribution < 1.29 is 14.6 Å². The van der Waals surface area contributed by atoms with Gasteiger partial charge in [0.25, 0.3) is 0 Å². The highest BCUT2D eigenvalue weighted by molar-refractivity contribution is 4.98. The number of hydrogen-bond acceptors (Lipinski definition) is 3. The monoisotopic (exact) mass is 256 g/mol.